The lowest BCUT2D eigenvalue weighted by molar-refractivity contribution is 0.628. The van der Waals surface area contributed by atoms with E-state index in [-0.39, 0.29) is 5.82 Å². The molecule has 0 saturated carbocycles. The molecule has 3 aromatic carbocycles. The standard InChI is InChI=1S/C20H19FN2S/c21-17-10-12-18(13-11-17)23-20(24)22-14-4-8-16-7-3-6-15-5-1-2-9-19(15)16/h1-3,5-7,9-13H,4,8,14H2,(H2,22,23,24). The molecule has 0 heterocycles. The Morgan fingerprint density at radius 3 is 2.50 bits per heavy atom. The van der Waals surface area contributed by atoms with E-state index < -0.39 is 0 Å². The van der Waals surface area contributed by atoms with E-state index in [1.165, 1.54) is 28.5 Å². The lowest BCUT2D eigenvalue weighted by atomic mass is 10.0. The van der Waals surface area contributed by atoms with Gasteiger partial charge in [-0.1, -0.05) is 42.5 Å². The number of halogens is 1. The molecule has 0 amide bonds. The van der Waals surface area contributed by atoms with Crippen LogP contribution in [0.15, 0.2) is 66.7 Å². The maximum Gasteiger partial charge on any atom is 0.170 e. The number of thiocarbonyl (C=S) groups is 1. The van der Waals surface area contributed by atoms with Gasteiger partial charge in [0.1, 0.15) is 5.82 Å². The van der Waals surface area contributed by atoms with Crippen molar-refractivity contribution >= 4 is 33.8 Å². The van der Waals surface area contributed by atoms with Gasteiger partial charge in [0.05, 0.1) is 0 Å². The fraction of sp³-hybridized carbons (Fsp3) is 0.150. The first-order valence-electron chi connectivity index (χ1n) is 7.99. The van der Waals surface area contributed by atoms with Gasteiger partial charge in [0.25, 0.3) is 0 Å². The molecule has 3 aromatic rings. The Labute approximate surface area is 146 Å². The third kappa shape index (κ3) is 4.30. The largest absolute Gasteiger partial charge is 0.362 e. The Hall–Kier alpha value is -2.46. The van der Waals surface area contributed by atoms with E-state index >= 15 is 0 Å². The Balaban J connectivity index is 1.48. The van der Waals surface area contributed by atoms with Gasteiger partial charge in [0.2, 0.25) is 0 Å². The minimum absolute atomic E-state index is 0.255. The number of hydrogen-bond acceptors (Lipinski definition) is 1. The van der Waals surface area contributed by atoms with Crippen molar-refractivity contribution in [2.75, 3.05) is 11.9 Å². The molecule has 122 valence electrons. The molecule has 0 bridgehead atoms. The van der Waals surface area contributed by atoms with Crippen molar-refractivity contribution in [1.29, 1.82) is 0 Å². The minimum Gasteiger partial charge on any atom is -0.362 e. The van der Waals surface area contributed by atoms with Crippen LogP contribution in [0, 0.1) is 5.82 Å². The molecule has 0 saturated heterocycles. The molecule has 0 unspecified atom stereocenters. The average molecular weight is 338 g/mol. The molecular formula is C20H19FN2S. The zero-order valence-corrected chi connectivity index (χ0v) is 14.1. The number of anilines is 1. The second kappa shape index (κ2) is 7.88. The number of rotatable bonds is 5. The summed E-state index contributed by atoms with van der Waals surface area (Å²) in [4.78, 5) is 0. The van der Waals surface area contributed by atoms with Gasteiger partial charge in [0.15, 0.2) is 5.11 Å². The van der Waals surface area contributed by atoms with Crippen molar-refractivity contribution in [3.8, 4) is 0 Å². The zero-order chi connectivity index (χ0) is 16.8. The van der Waals surface area contributed by atoms with E-state index in [0.717, 1.165) is 25.1 Å². The Morgan fingerprint density at radius 2 is 1.67 bits per heavy atom. The fourth-order valence-corrected chi connectivity index (χ4v) is 2.92. The summed E-state index contributed by atoms with van der Waals surface area (Å²) < 4.78 is 12.9. The van der Waals surface area contributed by atoms with E-state index in [4.69, 9.17) is 12.2 Å². The number of fused-ring (bicyclic) bond motifs is 1. The summed E-state index contributed by atoms with van der Waals surface area (Å²) in [6.07, 6.45) is 1.98. The molecule has 2 N–H and O–H groups in total. The molecule has 0 aliphatic heterocycles. The molecule has 2 nitrogen and oxygen atoms in total. The van der Waals surface area contributed by atoms with Crippen LogP contribution >= 0.6 is 12.2 Å². The monoisotopic (exact) mass is 338 g/mol. The predicted octanol–water partition coefficient (Wildman–Crippen LogP) is 4.90. The molecule has 0 fully saturated rings. The van der Waals surface area contributed by atoms with Crippen LogP contribution in [-0.2, 0) is 6.42 Å². The third-order valence-electron chi connectivity index (χ3n) is 3.89. The molecule has 4 heteroatoms. The van der Waals surface area contributed by atoms with Crippen molar-refractivity contribution in [1.82, 2.24) is 5.32 Å². The first kappa shape index (κ1) is 16.4. The molecule has 0 aliphatic carbocycles. The summed E-state index contributed by atoms with van der Waals surface area (Å²) in [6.45, 7) is 0.788. The van der Waals surface area contributed by atoms with E-state index in [9.17, 15) is 4.39 Å². The summed E-state index contributed by atoms with van der Waals surface area (Å²) >= 11 is 5.26. The van der Waals surface area contributed by atoms with Gasteiger partial charge < -0.3 is 10.6 Å². The molecular weight excluding hydrogens is 319 g/mol. The molecule has 0 aromatic heterocycles. The van der Waals surface area contributed by atoms with E-state index in [1.54, 1.807) is 12.1 Å². The molecule has 0 radical (unpaired) electrons. The number of benzene rings is 3. The number of nitrogens with one attached hydrogen (secondary N) is 2. The van der Waals surface area contributed by atoms with Gasteiger partial charge in [-0.3, -0.25) is 0 Å². The Bertz CT molecular complexity index is 825. The van der Waals surface area contributed by atoms with E-state index in [2.05, 4.69) is 53.1 Å². The first-order valence-corrected chi connectivity index (χ1v) is 8.40. The van der Waals surface area contributed by atoms with Gasteiger partial charge in [0, 0.05) is 12.2 Å². The molecule has 0 atom stereocenters. The first-order chi connectivity index (χ1) is 11.7. The van der Waals surface area contributed by atoms with Gasteiger partial charge in [-0.15, -0.1) is 0 Å². The van der Waals surface area contributed by atoms with Crippen LogP contribution in [0.3, 0.4) is 0 Å². The predicted molar refractivity (Wildman–Crippen MR) is 103 cm³/mol. The van der Waals surface area contributed by atoms with Crippen LogP contribution in [0.5, 0.6) is 0 Å². The normalized spacial score (nSPS) is 10.5. The van der Waals surface area contributed by atoms with Gasteiger partial charge in [-0.05, 0) is 65.7 Å². The van der Waals surface area contributed by atoms with E-state index in [1.807, 2.05) is 0 Å². The smallest absolute Gasteiger partial charge is 0.170 e. The molecule has 3 rings (SSSR count). The lowest BCUT2D eigenvalue weighted by Gasteiger charge is -2.11. The third-order valence-corrected chi connectivity index (χ3v) is 4.14. The Morgan fingerprint density at radius 1 is 0.917 bits per heavy atom. The van der Waals surface area contributed by atoms with Gasteiger partial charge >= 0.3 is 0 Å². The van der Waals surface area contributed by atoms with Crippen LogP contribution < -0.4 is 10.6 Å². The molecule has 24 heavy (non-hydrogen) atoms. The summed E-state index contributed by atoms with van der Waals surface area (Å²) in [5.41, 5.74) is 2.13. The van der Waals surface area contributed by atoms with Crippen LogP contribution in [0.4, 0.5) is 10.1 Å². The van der Waals surface area contributed by atoms with E-state index in [0.29, 0.717) is 5.11 Å². The van der Waals surface area contributed by atoms with Crippen LogP contribution in [-0.4, -0.2) is 11.7 Å². The zero-order valence-electron chi connectivity index (χ0n) is 13.3. The van der Waals surface area contributed by atoms with Crippen molar-refractivity contribution < 1.29 is 4.39 Å². The summed E-state index contributed by atoms with van der Waals surface area (Å²) in [5, 5.41) is 9.38. The lowest BCUT2D eigenvalue weighted by Crippen LogP contribution is -2.29. The van der Waals surface area contributed by atoms with Crippen molar-refractivity contribution in [2.24, 2.45) is 0 Å². The second-order valence-corrected chi connectivity index (χ2v) is 6.04. The highest BCUT2D eigenvalue weighted by molar-refractivity contribution is 7.80. The highest BCUT2D eigenvalue weighted by Gasteiger charge is 2.01. The quantitative estimate of drug-likeness (QED) is 0.511. The van der Waals surface area contributed by atoms with Crippen molar-refractivity contribution in [3.63, 3.8) is 0 Å². The van der Waals surface area contributed by atoms with Crippen LogP contribution in [0.2, 0.25) is 0 Å². The molecule has 0 spiro atoms. The van der Waals surface area contributed by atoms with Gasteiger partial charge in [-0.2, -0.15) is 0 Å². The molecule has 0 aliphatic rings. The minimum atomic E-state index is -0.255. The van der Waals surface area contributed by atoms with Crippen molar-refractivity contribution in [3.05, 3.63) is 78.1 Å². The van der Waals surface area contributed by atoms with Crippen LogP contribution in [0.1, 0.15) is 12.0 Å². The second-order valence-electron chi connectivity index (χ2n) is 5.63. The maximum atomic E-state index is 12.9. The summed E-state index contributed by atoms with van der Waals surface area (Å²) in [6, 6.07) is 21.0. The number of aryl methyl sites for hydroxylation is 1. The van der Waals surface area contributed by atoms with Crippen LogP contribution in [0.25, 0.3) is 10.8 Å². The average Bonchev–Trinajstić information content (AvgIpc) is 2.61. The topological polar surface area (TPSA) is 24.1 Å². The van der Waals surface area contributed by atoms with Gasteiger partial charge in [-0.25, -0.2) is 4.39 Å². The summed E-state index contributed by atoms with van der Waals surface area (Å²) in [7, 11) is 0. The van der Waals surface area contributed by atoms with Crippen molar-refractivity contribution in [2.45, 2.75) is 12.8 Å². The maximum absolute atomic E-state index is 12.9. The fourth-order valence-electron chi connectivity index (χ4n) is 2.70. The number of hydrogen-bond donors (Lipinski definition) is 2. The Kier molecular flexibility index (Phi) is 5.39. The SMILES string of the molecule is Fc1ccc(NC(=S)NCCCc2cccc3ccccc23)cc1. The highest BCUT2D eigenvalue weighted by atomic mass is 32.1. The summed E-state index contributed by atoms with van der Waals surface area (Å²) in [5.74, 6) is -0.255. The highest BCUT2D eigenvalue weighted by Crippen LogP contribution is 2.19.